The largest absolute Gasteiger partial charge is 0.301 e. The number of hydrogen-bond acceptors (Lipinski definition) is 3. The second-order valence-corrected chi connectivity index (χ2v) is 3.41. The van der Waals surface area contributed by atoms with Gasteiger partial charge in [0.05, 0.1) is 4.88 Å². The fourth-order valence-corrected chi connectivity index (χ4v) is 1.66. The number of nitrogens with one attached hydrogen (secondary N) is 1. The van der Waals surface area contributed by atoms with E-state index in [4.69, 9.17) is 9.96 Å². The smallest absolute Gasteiger partial charge is 0.206 e. The standard InChI is InChI=1S/C5H5NO2S2/c6-5(10(7)8)4-2-1-3-9-4/h1-3,6H,(H,7,8). The van der Waals surface area contributed by atoms with E-state index in [9.17, 15) is 4.21 Å². The van der Waals surface area contributed by atoms with E-state index < -0.39 is 11.1 Å². The molecule has 0 aliphatic carbocycles. The third-order valence-electron chi connectivity index (χ3n) is 0.920. The quantitative estimate of drug-likeness (QED) is 0.384. The molecule has 1 rings (SSSR count). The molecule has 0 aliphatic heterocycles. The topological polar surface area (TPSA) is 61.2 Å². The van der Waals surface area contributed by atoms with Gasteiger partial charge in [-0.15, -0.1) is 11.3 Å². The zero-order valence-electron chi connectivity index (χ0n) is 4.90. The van der Waals surface area contributed by atoms with Crippen LogP contribution in [0.15, 0.2) is 17.5 Å². The molecule has 1 heterocycles. The van der Waals surface area contributed by atoms with E-state index >= 15 is 0 Å². The molecule has 0 radical (unpaired) electrons. The second-order valence-electron chi connectivity index (χ2n) is 1.56. The predicted octanol–water partition coefficient (Wildman–Crippen LogP) is 1.30. The summed E-state index contributed by atoms with van der Waals surface area (Å²) in [4.78, 5) is 0.542. The lowest BCUT2D eigenvalue weighted by Gasteiger charge is -1.90. The highest BCUT2D eigenvalue weighted by molar-refractivity contribution is 7.96. The fraction of sp³-hybridized carbons (Fsp3) is 0. The van der Waals surface area contributed by atoms with Crippen molar-refractivity contribution in [2.75, 3.05) is 0 Å². The summed E-state index contributed by atoms with van der Waals surface area (Å²) in [6.45, 7) is 0. The molecule has 0 amide bonds. The van der Waals surface area contributed by atoms with Gasteiger partial charge in [-0.05, 0) is 11.4 Å². The van der Waals surface area contributed by atoms with Gasteiger partial charge >= 0.3 is 0 Å². The van der Waals surface area contributed by atoms with Crippen LogP contribution in [0.1, 0.15) is 4.88 Å². The van der Waals surface area contributed by atoms with Gasteiger partial charge in [0, 0.05) is 0 Å². The molecule has 10 heavy (non-hydrogen) atoms. The first kappa shape index (κ1) is 7.59. The zero-order valence-corrected chi connectivity index (χ0v) is 6.54. The van der Waals surface area contributed by atoms with Crippen LogP contribution in [-0.2, 0) is 11.1 Å². The molecule has 3 nitrogen and oxygen atoms in total. The van der Waals surface area contributed by atoms with Crippen molar-refractivity contribution in [2.24, 2.45) is 0 Å². The van der Waals surface area contributed by atoms with Crippen LogP contribution in [0.2, 0.25) is 0 Å². The molecule has 0 saturated heterocycles. The Labute approximate surface area is 64.5 Å². The molecule has 0 aliphatic rings. The van der Waals surface area contributed by atoms with E-state index in [-0.39, 0.29) is 5.04 Å². The van der Waals surface area contributed by atoms with Gasteiger partial charge in [0.1, 0.15) is 0 Å². The maximum atomic E-state index is 10.3. The molecular weight excluding hydrogens is 170 g/mol. The first-order chi connectivity index (χ1) is 4.72. The highest BCUT2D eigenvalue weighted by atomic mass is 32.2. The third-order valence-corrected chi connectivity index (χ3v) is 2.51. The van der Waals surface area contributed by atoms with E-state index in [1.807, 2.05) is 0 Å². The van der Waals surface area contributed by atoms with Crippen LogP contribution in [0.4, 0.5) is 0 Å². The van der Waals surface area contributed by atoms with Gasteiger partial charge in [0.15, 0.2) is 5.04 Å². The van der Waals surface area contributed by atoms with Gasteiger partial charge in [-0.3, -0.25) is 5.41 Å². The third kappa shape index (κ3) is 1.50. The minimum Gasteiger partial charge on any atom is -0.301 e. The highest BCUT2D eigenvalue weighted by Gasteiger charge is 2.06. The van der Waals surface area contributed by atoms with Gasteiger partial charge in [0.25, 0.3) is 0 Å². The summed E-state index contributed by atoms with van der Waals surface area (Å²) in [5.41, 5.74) is 0. The Kier molecular flexibility index (Phi) is 2.31. The minimum atomic E-state index is -2.15. The van der Waals surface area contributed by atoms with Crippen LogP contribution >= 0.6 is 11.3 Å². The average molecular weight is 175 g/mol. The molecule has 54 valence electrons. The molecule has 0 fully saturated rings. The van der Waals surface area contributed by atoms with E-state index in [0.717, 1.165) is 0 Å². The Morgan fingerprint density at radius 3 is 2.90 bits per heavy atom. The van der Waals surface area contributed by atoms with Crippen molar-refractivity contribution in [3.8, 4) is 0 Å². The molecule has 0 saturated carbocycles. The second kappa shape index (κ2) is 3.05. The lowest BCUT2D eigenvalue weighted by molar-refractivity contribution is 0.577. The normalized spacial score (nSPS) is 12.9. The first-order valence-corrected chi connectivity index (χ1v) is 4.43. The fourth-order valence-electron chi connectivity index (χ4n) is 0.494. The van der Waals surface area contributed by atoms with Crippen molar-refractivity contribution in [3.63, 3.8) is 0 Å². The van der Waals surface area contributed by atoms with E-state index in [1.54, 1.807) is 17.5 Å². The Bertz CT molecular complexity index is 255. The Morgan fingerprint density at radius 2 is 2.50 bits per heavy atom. The van der Waals surface area contributed by atoms with Crippen molar-refractivity contribution < 1.29 is 8.76 Å². The summed E-state index contributed by atoms with van der Waals surface area (Å²) in [5, 5.41) is 8.60. The first-order valence-electron chi connectivity index (χ1n) is 2.45. The van der Waals surface area contributed by atoms with Crippen LogP contribution in [0.3, 0.4) is 0 Å². The van der Waals surface area contributed by atoms with Gasteiger partial charge in [0.2, 0.25) is 11.1 Å². The molecule has 1 unspecified atom stereocenters. The number of thiophene rings is 1. The molecule has 0 spiro atoms. The molecule has 1 atom stereocenters. The Balaban J connectivity index is 2.88. The van der Waals surface area contributed by atoms with Crippen LogP contribution in [-0.4, -0.2) is 13.8 Å². The van der Waals surface area contributed by atoms with E-state index in [2.05, 4.69) is 0 Å². The summed E-state index contributed by atoms with van der Waals surface area (Å²) in [7, 11) is 0. The molecule has 1 aromatic rings. The maximum absolute atomic E-state index is 10.3. The van der Waals surface area contributed by atoms with Crippen molar-refractivity contribution >= 4 is 27.5 Å². The molecule has 1 aromatic heterocycles. The summed E-state index contributed by atoms with van der Waals surface area (Å²) >= 11 is -0.864. The van der Waals surface area contributed by atoms with E-state index in [1.165, 1.54) is 11.3 Å². The monoisotopic (exact) mass is 175 g/mol. The van der Waals surface area contributed by atoms with Crippen LogP contribution in [0.25, 0.3) is 0 Å². The van der Waals surface area contributed by atoms with Gasteiger partial charge in [-0.2, -0.15) is 0 Å². The molecule has 0 bridgehead atoms. The van der Waals surface area contributed by atoms with Crippen molar-refractivity contribution in [1.82, 2.24) is 0 Å². The summed E-state index contributed by atoms with van der Waals surface area (Å²) in [6, 6.07) is 3.38. The number of rotatable bonds is 1. The van der Waals surface area contributed by atoms with Gasteiger partial charge in [-0.25, -0.2) is 4.21 Å². The van der Waals surface area contributed by atoms with Crippen LogP contribution in [0.5, 0.6) is 0 Å². The molecule has 0 aromatic carbocycles. The highest BCUT2D eigenvalue weighted by Crippen LogP contribution is 2.09. The van der Waals surface area contributed by atoms with Crippen molar-refractivity contribution in [2.45, 2.75) is 0 Å². The molecule has 5 heteroatoms. The van der Waals surface area contributed by atoms with Gasteiger partial charge in [-0.1, -0.05) is 6.07 Å². The predicted molar refractivity (Wildman–Crippen MR) is 41.9 cm³/mol. The van der Waals surface area contributed by atoms with Crippen LogP contribution in [0, 0.1) is 5.41 Å². The average Bonchev–Trinajstić information content (AvgIpc) is 2.36. The number of hydrogen-bond donors (Lipinski definition) is 2. The maximum Gasteiger partial charge on any atom is 0.206 e. The van der Waals surface area contributed by atoms with Crippen LogP contribution < -0.4 is 0 Å². The van der Waals surface area contributed by atoms with Crippen molar-refractivity contribution in [3.05, 3.63) is 22.4 Å². The van der Waals surface area contributed by atoms with Crippen molar-refractivity contribution in [1.29, 1.82) is 5.41 Å². The molecular formula is C5H5NO2S2. The minimum absolute atomic E-state index is 0.227. The summed E-state index contributed by atoms with van der Waals surface area (Å²) < 4.78 is 18.7. The molecule has 2 N–H and O–H groups in total. The zero-order chi connectivity index (χ0) is 7.56. The lowest BCUT2D eigenvalue weighted by Crippen LogP contribution is -2.03. The summed E-state index contributed by atoms with van der Waals surface area (Å²) in [6.07, 6.45) is 0. The van der Waals surface area contributed by atoms with Gasteiger partial charge < -0.3 is 4.55 Å². The van der Waals surface area contributed by atoms with E-state index in [0.29, 0.717) is 4.88 Å². The summed E-state index contributed by atoms with van der Waals surface area (Å²) in [5.74, 6) is 0. The Hall–Kier alpha value is -0.520. The lowest BCUT2D eigenvalue weighted by atomic mass is 10.5. The Morgan fingerprint density at radius 1 is 1.80 bits per heavy atom. The SMILES string of the molecule is N=C(c1cccs1)S(=O)O.